The molecule has 0 aliphatic carbocycles. The van der Waals surface area contributed by atoms with Crippen LogP contribution in [0.3, 0.4) is 0 Å². The van der Waals surface area contributed by atoms with E-state index in [0.29, 0.717) is 38.4 Å². The van der Waals surface area contributed by atoms with Crippen molar-refractivity contribution in [2.75, 3.05) is 38.6 Å². The molecule has 5 nitrogen and oxygen atoms in total. The van der Waals surface area contributed by atoms with Crippen LogP contribution >= 0.6 is 0 Å². The molecule has 1 N–H and O–H groups in total. The highest BCUT2D eigenvalue weighted by Gasteiger charge is 2.35. The summed E-state index contributed by atoms with van der Waals surface area (Å²) in [7, 11) is -3.39. The van der Waals surface area contributed by atoms with Gasteiger partial charge in [-0.2, -0.15) is 4.31 Å². The standard InChI is InChI=1S/C15H21FN2O3S/c16-14-3-1-2-13(8-14)15-9-17-5-6-18(15)22(19,20)11-12-4-7-21-10-12/h1-3,8,12,15,17H,4-7,9-11H2. The molecule has 2 fully saturated rings. The van der Waals surface area contributed by atoms with Crippen LogP contribution in [0, 0.1) is 11.7 Å². The first-order valence-corrected chi connectivity index (χ1v) is 9.20. The Hall–Kier alpha value is -1.02. The second kappa shape index (κ2) is 6.62. The third-order valence-electron chi connectivity index (χ3n) is 4.26. The Morgan fingerprint density at radius 3 is 3.00 bits per heavy atom. The SMILES string of the molecule is O=S(=O)(CC1CCOC1)N1CCNCC1c1cccc(F)c1. The van der Waals surface area contributed by atoms with Crippen molar-refractivity contribution < 1.29 is 17.5 Å². The third-order valence-corrected chi connectivity index (χ3v) is 6.30. The summed E-state index contributed by atoms with van der Waals surface area (Å²) < 4.78 is 45.8. The van der Waals surface area contributed by atoms with Crippen molar-refractivity contribution in [3.63, 3.8) is 0 Å². The van der Waals surface area contributed by atoms with Gasteiger partial charge in [-0.05, 0) is 30.0 Å². The number of benzene rings is 1. The van der Waals surface area contributed by atoms with E-state index in [9.17, 15) is 12.8 Å². The van der Waals surface area contributed by atoms with Crippen molar-refractivity contribution in [1.82, 2.24) is 9.62 Å². The van der Waals surface area contributed by atoms with Gasteiger partial charge in [0, 0.05) is 26.2 Å². The van der Waals surface area contributed by atoms with E-state index >= 15 is 0 Å². The maximum atomic E-state index is 13.5. The molecule has 0 saturated carbocycles. The van der Waals surface area contributed by atoms with E-state index in [1.165, 1.54) is 16.4 Å². The molecule has 22 heavy (non-hydrogen) atoms. The summed E-state index contributed by atoms with van der Waals surface area (Å²) in [6, 6.07) is 5.83. The first kappa shape index (κ1) is 15.9. The van der Waals surface area contributed by atoms with E-state index in [0.717, 1.165) is 6.42 Å². The molecule has 0 bridgehead atoms. The molecule has 1 aromatic rings. The minimum atomic E-state index is -3.39. The van der Waals surface area contributed by atoms with Gasteiger partial charge in [-0.1, -0.05) is 12.1 Å². The second-order valence-electron chi connectivity index (χ2n) is 5.89. The molecule has 0 amide bonds. The van der Waals surface area contributed by atoms with Gasteiger partial charge in [0.05, 0.1) is 18.4 Å². The summed E-state index contributed by atoms with van der Waals surface area (Å²) in [6.45, 7) is 2.68. The average molecular weight is 328 g/mol. The summed E-state index contributed by atoms with van der Waals surface area (Å²) in [5.41, 5.74) is 0.693. The number of piperazine rings is 1. The number of halogens is 1. The Bertz CT molecular complexity index is 617. The molecule has 2 saturated heterocycles. The van der Waals surface area contributed by atoms with Crippen molar-refractivity contribution in [2.45, 2.75) is 12.5 Å². The predicted octanol–water partition coefficient (Wildman–Crippen LogP) is 1.14. The van der Waals surface area contributed by atoms with Crippen LogP contribution in [-0.2, 0) is 14.8 Å². The third kappa shape index (κ3) is 3.48. The average Bonchev–Trinajstić information content (AvgIpc) is 2.99. The van der Waals surface area contributed by atoms with Crippen molar-refractivity contribution in [2.24, 2.45) is 5.92 Å². The Morgan fingerprint density at radius 1 is 1.41 bits per heavy atom. The number of hydrogen-bond acceptors (Lipinski definition) is 4. The van der Waals surface area contributed by atoms with Gasteiger partial charge in [-0.25, -0.2) is 12.8 Å². The molecule has 1 aromatic carbocycles. The molecule has 122 valence electrons. The lowest BCUT2D eigenvalue weighted by molar-refractivity contribution is 0.188. The van der Waals surface area contributed by atoms with E-state index in [-0.39, 0.29) is 23.5 Å². The Morgan fingerprint density at radius 2 is 2.27 bits per heavy atom. The number of ether oxygens (including phenoxy) is 1. The van der Waals surface area contributed by atoms with Crippen molar-refractivity contribution in [3.05, 3.63) is 35.6 Å². The van der Waals surface area contributed by atoms with Crippen LogP contribution in [0.25, 0.3) is 0 Å². The van der Waals surface area contributed by atoms with Gasteiger partial charge in [0.1, 0.15) is 5.82 Å². The summed E-state index contributed by atoms with van der Waals surface area (Å²) in [5.74, 6) is -0.170. The molecule has 2 aliphatic rings. The highest BCUT2D eigenvalue weighted by atomic mass is 32.2. The highest BCUT2D eigenvalue weighted by molar-refractivity contribution is 7.89. The van der Waals surface area contributed by atoms with E-state index in [2.05, 4.69) is 5.32 Å². The quantitative estimate of drug-likeness (QED) is 0.900. The van der Waals surface area contributed by atoms with Gasteiger partial charge in [-0.15, -0.1) is 0 Å². The first-order chi connectivity index (χ1) is 10.6. The molecule has 2 unspecified atom stereocenters. The lowest BCUT2D eigenvalue weighted by Crippen LogP contribution is -2.49. The number of hydrogen-bond donors (Lipinski definition) is 1. The van der Waals surface area contributed by atoms with Crippen LogP contribution in [0.15, 0.2) is 24.3 Å². The molecule has 0 radical (unpaired) electrons. The second-order valence-corrected chi connectivity index (χ2v) is 7.86. The summed E-state index contributed by atoms with van der Waals surface area (Å²) in [4.78, 5) is 0. The molecule has 2 aliphatic heterocycles. The zero-order valence-electron chi connectivity index (χ0n) is 12.4. The minimum absolute atomic E-state index is 0.0630. The van der Waals surface area contributed by atoms with Gasteiger partial charge < -0.3 is 10.1 Å². The molecule has 0 spiro atoms. The van der Waals surface area contributed by atoms with Crippen molar-refractivity contribution >= 4 is 10.0 Å². The monoisotopic (exact) mass is 328 g/mol. The number of nitrogens with zero attached hydrogens (tertiary/aromatic N) is 1. The van der Waals surface area contributed by atoms with Gasteiger partial charge >= 0.3 is 0 Å². The normalized spacial score (nSPS) is 27.1. The van der Waals surface area contributed by atoms with Gasteiger partial charge in [0.15, 0.2) is 0 Å². The largest absolute Gasteiger partial charge is 0.381 e. The predicted molar refractivity (Wildman–Crippen MR) is 81.4 cm³/mol. The van der Waals surface area contributed by atoms with E-state index in [1.54, 1.807) is 12.1 Å². The Balaban J connectivity index is 1.82. The van der Waals surface area contributed by atoms with Crippen molar-refractivity contribution in [1.29, 1.82) is 0 Å². The van der Waals surface area contributed by atoms with Gasteiger partial charge in [-0.3, -0.25) is 0 Å². The van der Waals surface area contributed by atoms with Gasteiger partial charge in [0.2, 0.25) is 10.0 Å². The topological polar surface area (TPSA) is 58.6 Å². The summed E-state index contributed by atoms with van der Waals surface area (Å²) >= 11 is 0. The van der Waals surface area contributed by atoms with E-state index < -0.39 is 10.0 Å². The maximum absolute atomic E-state index is 13.5. The fourth-order valence-corrected chi connectivity index (χ4v) is 5.13. The number of nitrogens with one attached hydrogen (secondary N) is 1. The van der Waals surface area contributed by atoms with Crippen LogP contribution in [0.2, 0.25) is 0 Å². The van der Waals surface area contributed by atoms with Crippen LogP contribution in [0.4, 0.5) is 4.39 Å². The zero-order chi connectivity index (χ0) is 15.6. The molecule has 2 atom stereocenters. The number of sulfonamides is 1. The molecule has 0 aromatic heterocycles. The number of rotatable bonds is 4. The summed E-state index contributed by atoms with van der Waals surface area (Å²) in [6.07, 6.45) is 0.788. The fourth-order valence-electron chi connectivity index (χ4n) is 3.12. The maximum Gasteiger partial charge on any atom is 0.215 e. The van der Waals surface area contributed by atoms with E-state index in [1.807, 2.05) is 0 Å². The highest BCUT2D eigenvalue weighted by Crippen LogP contribution is 2.28. The molecule has 2 heterocycles. The lowest BCUT2D eigenvalue weighted by atomic mass is 10.1. The Kier molecular flexibility index (Phi) is 4.77. The molecule has 3 rings (SSSR count). The molecular weight excluding hydrogens is 307 g/mol. The zero-order valence-corrected chi connectivity index (χ0v) is 13.2. The summed E-state index contributed by atoms with van der Waals surface area (Å²) in [5, 5.41) is 3.20. The molecular formula is C15H21FN2O3S. The van der Waals surface area contributed by atoms with Crippen molar-refractivity contribution in [3.8, 4) is 0 Å². The van der Waals surface area contributed by atoms with Crippen LogP contribution in [-0.4, -0.2) is 51.3 Å². The van der Waals surface area contributed by atoms with Crippen LogP contribution in [0.5, 0.6) is 0 Å². The van der Waals surface area contributed by atoms with Gasteiger partial charge in [0.25, 0.3) is 0 Å². The lowest BCUT2D eigenvalue weighted by Gasteiger charge is -2.36. The van der Waals surface area contributed by atoms with E-state index in [4.69, 9.17) is 4.74 Å². The smallest absolute Gasteiger partial charge is 0.215 e. The van der Waals surface area contributed by atoms with Crippen LogP contribution < -0.4 is 5.32 Å². The minimum Gasteiger partial charge on any atom is -0.381 e. The fraction of sp³-hybridized carbons (Fsp3) is 0.600. The Labute approximate surface area is 130 Å². The molecule has 7 heteroatoms. The van der Waals surface area contributed by atoms with Crippen LogP contribution in [0.1, 0.15) is 18.0 Å². The first-order valence-electron chi connectivity index (χ1n) is 7.60.